The monoisotopic (exact) mass is 420 g/mol. The Bertz CT molecular complexity index is 1350. The van der Waals surface area contributed by atoms with Crippen molar-refractivity contribution in [2.45, 2.75) is 65.4 Å². The van der Waals surface area contributed by atoms with Crippen LogP contribution in [-0.4, -0.2) is 15.9 Å². The summed E-state index contributed by atoms with van der Waals surface area (Å²) in [6.45, 7) is 9.50. The fraction of sp³-hybridized carbons (Fsp3) is 0.400. The first-order valence-electron chi connectivity index (χ1n) is 10.7. The third kappa shape index (κ3) is 2.70. The summed E-state index contributed by atoms with van der Waals surface area (Å²) in [6.07, 6.45) is 1.77. The number of nitrogens with zero attached hydrogens (tertiary/aromatic N) is 1. The minimum absolute atomic E-state index is 0.0343. The Kier molecular flexibility index (Phi) is 4.17. The molecule has 160 valence electrons. The number of halogens is 1. The fourth-order valence-corrected chi connectivity index (χ4v) is 5.23. The van der Waals surface area contributed by atoms with Gasteiger partial charge in [-0.3, -0.25) is 9.59 Å². The second-order valence-corrected chi connectivity index (χ2v) is 9.40. The molecule has 5 rings (SSSR count). The Hall–Kier alpha value is -3.02. The predicted molar refractivity (Wildman–Crippen MR) is 117 cm³/mol. The predicted octanol–water partition coefficient (Wildman–Crippen LogP) is 4.73. The summed E-state index contributed by atoms with van der Waals surface area (Å²) in [4.78, 5) is 33.0. The second kappa shape index (κ2) is 6.49. The first kappa shape index (κ1) is 19.9. The van der Waals surface area contributed by atoms with Crippen molar-refractivity contribution >= 4 is 16.9 Å². The number of cyclic esters (lactones) is 1. The minimum atomic E-state index is -0.931. The lowest BCUT2D eigenvalue weighted by Gasteiger charge is -2.31. The van der Waals surface area contributed by atoms with E-state index < -0.39 is 5.41 Å². The number of aryl methyl sites for hydroxylation is 1. The molecule has 2 aliphatic rings. The molecule has 3 aromatic rings. The summed E-state index contributed by atoms with van der Waals surface area (Å²) in [5, 5.41) is 1.04. The molecule has 1 atom stereocenters. The van der Waals surface area contributed by atoms with E-state index in [9.17, 15) is 14.0 Å². The highest BCUT2D eigenvalue weighted by molar-refractivity contribution is 5.92. The molecule has 6 heteroatoms. The Morgan fingerprint density at radius 1 is 1.16 bits per heavy atom. The molecular weight excluding hydrogens is 395 g/mol. The highest BCUT2D eigenvalue weighted by Crippen LogP contribution is 2.43. The number of esters is 1. The number of pyridine rings is 2. The number of H-pyrrole nitrogens is 1. The molecule has 0 spiro atoms. The summed E-state index contributed by atoms with van der Waals surface area (Å²) >= 11 is 0. The van der Waals surface area contributed by atoms with Crippen molar-refractivity contribution in [2.75, 3.05) is 0 Å². The first-order valence-corrected chi connectivity index (χ1v) is 10.7. The Morgan fingerprint density at radius 2 is 1.90 bits per heavy atom. The van der Waals surface area contributed by atoms with Crippen LogP contribution in [0.5, 0.6) is 0 Å². The van der Waals surface area contributed by atoms with Crippen molar-refractivity contribution < 1.29 is 13.9 Å². The number of ether oxygens (including phenoxy) is 1. The van der Waals surface area contributed by atoms with Crippen LogP contribution in [0.25, 0.3) is 22.3 Å². The van der Waals surface area contributed by atoms with Crippen molar-refractivity contribution in [1.82, 2.24) is 9.97 Å². The van der Waals surface area contributed by atoms with Gasteiger partial charge in [-0.25, -0.2) is 9.37 Å². The molecule has 0 radical (unpaired) electrons. The van der Waals surface area contributed by atoms with Crippen LogP contribution in [-0.2, 0) is 28.0 Å². The molecule has 0 unspecified atom stereocenters. The molecule has 1 N–H and O–H groups in total. The van der Waals surface area contributed by atoms with Gasteiger partial charge in [0, 0.05) is 11.5 Å². The lowest BCUT2D eigenvalue weighted by Crippen LogP contribution is -2.39. The van der Waals surface area contributed by atoms with E-state index in [2.05, 4.69) is 11.9 Å². The molecule has 1 aliphatic heterocycles. The molecule has 0 amide bonds. The largest absolute Gasteiger partial charge is 0.460 e. The molecular formula is C25H25FN2O3. The molecule has 1 aromatic carbocycles. The maximum absolute atomic E-state index is 14.7. The van der Waals surface area contributed by atoms with E-state index in [4.69, 9.17) is 9.72 Å². The number of carbonyl (C=O) groups excluding carboxylic acids is 1. The van der Waals surface area contributed by atoms with Crippen LogP contribution in [0.2, 0.25) is 0 Å². The van der Waals surface area contributed by atoms with Crippen molar-refractivity contribution in [3.63, 3.8) is 0 Å². The van der Waals surface area contributed by atoms with Gasteiger partial charge < -0.3 is 9.72 Å². The molecule has 1 aliphatic carbocycles. The zero-order chi connectivity index (χ0) is 22.2. The number of aromatic amines is 1. The second-order valence-electron chi connectivity index (χ2n) is 9.40. The van der Waals surface area contributed by atoms with Gasteiger partial charge in [-0.15, -0.1) is 0 Å². The van der Waals surface area contributed by atoms with Gasteiger partial charge in [0.05, 0.1) is 27.9 Å². The van der Waals surface area contributed by atoms with Crippen molar-refractivity contribution in [2.24, 2.45) is 0 Å². The van der Waals surface area contributed by atoms with Gasteiger partial charge in [0.2, 0.25) is 0 Å². The van der Waals surface area contributed by atoms with E-state index in [0.717, 1.165) is 29.4 Å². The van der Waals surface area contributed by atoms with Crippen LogP contribution >= 0.6 is 0 Å². The topological polar surface area (TPSA) is 72.1 Å². The quantitative estimate of drug-likeness (QED) is 0.578. The smallest absolute Gasteiger partial charge is 0.316 e. The lowest BCUT2D eigenvalue weighted by atomic mass is 9.78. The molecule has 0 saturated heterocycles. The normalized spacial score (nSPS) is 19.3. The van der Waals surface area contributed by atoms with Gasteiger partial charge in [-0.2, -0.15) is 0 Å². The Labute approximate surface area is 179 Å². The number of rotatable bonds is 1. The minimum Gasteiger partial charge on any atom is -0.460 e. The zero-order valence-electron chi connectivity index (χ0n) is 18.4. The standard InChI is InChI=1S/C25H25FN2O3/c1-11-6-7-14-12(2)17(26)9-18-21(14)20(11)13(3)22(27-18)19-8-16-15(23(29)28-19)10-31-24(30)25(16,4)5/h8-9,11H,6-7,10H2,1-5H3,(H,28,29)/t11-/m0/s1. The van der Waals surface area contributed by atoms with E-state index in [1.165, 1.54) is 11.6 Å². The van der Waals surface area contributed by atoms with Crippen molar-refractivity contribution in [3.05, 3.63) is 61.7 Å². The summed E-state index contributed by atoms with van der Waals surface area (Å²) in [5.41, 5.74) is 5.56. The number of nitrogens with one attached hydrogen (secondary N) is 1. The maximum atomic E-state index is 14.7. The van der Waals surface area contributed by atoms with Gasteiger partial charge in [-0.05, 0) is 80.3 Å². The molecule has 0 fully saturated rings. The summed E-state index contributed by atoms with van der Waals surface area (Å²) in [6, 6.07) is 3.33. The number of carbonyl (C=O) groups is 1. The molecule has 2 aromatic heterocycles. The van der Waals surface area contributed by atoms with E-state index in [1.54, 1.807) is 13.8 Å². The first-order chi connectivity index (χ1) is 14.6. The fourth-order valence-electron chi connectivity index (χ4n) is 5.23. The number of benzene rings is 1. The zero-order valence-corrected chi connectivity index (χ0v) is 18.4. The molecule has 0 bridgehead atoms. The number of hydrogen-bond donors (Lipinski definition) is 1. The van der Waals surface area contributed by atoms with Crippen LogP contribution in [0.1, 0.15) is 66.5 Å². The van der Waals surface area contributed by atoms with Crippen LogP contribution in [0.15, 0.2) is 16.9 Å². The van der Waals surface area contributed by atoms with Crippen LogP contribution < -0.4 is 5.56 Å². The molecule has 5 nitrogen and oxygen atoms in total. The summed E-state index contributed by atoms with van der Waals surface area (Å²) < 4.78 is 19.9. The average molecular weight is 420 g/mol. The van der Waals surface area contributed by atoms with E-state index >= 15 is 0 Å². The third-order valence-electron chi connectivity index (χ3n) is 7.14. The average Bonchev–Trinajstić information content (AvgIpc) is 2.71. The van der Waals surface area contributed by atoms with Gasteiger partial charge in [0.15, 0.2) is 0 Å². The van der Waals surface area contributed by atoms with Gasteiger partial charge in [0.1, 0.15) is 12.4 Å². The van der Waals surface area contributed by atoms with Gasteiger partial charge >= 0.3 is 5.97 Å². The number of aromatic nitrogens is 2. The van der Waals surface area contributed by atoms with Gasteiger partial charge in [-0.1, -0.05) is 6.92 Å². The van der Waals surface area contributed by atoms with Crippen molar-refractivity contribution in [1.29, 1.82) is 0 Å². The highest BCUT2D eigenvalue weighted by atomic mass is 19.1. The summed E-state index contributed by atoms with van der Waals surface area (Å²) in [5.74, 6) is -0.309. The summed E-state index contributed by atoms with van der Waals surface area (Å²) in [7, 11) is 0. The molecule has 31 heavy (non-hydrogen) atoms. The van der Waals surface area contributed by atoms with E-state index in [-0.39, 0.29) is 24.0 Å². The van der Waals surface area contributed by atoms with Gasteiger partial charge in [0.25, 0.3) is 5.56 Å². The number of hydrogen-bond acceptors (Lipinski definition) is 4. The maximum Gasteiger partial charge on any atom is 0.316 e. The Balaban J connectivity index is 1.84. The van der Waals surface area contributed by atoms with Crippen LogP contribution in [0, 0.1) is 19.7 Å². The third-order valence-corrected chi connectivity index (χ3v) is 7.14. The van der Waals surface area contributed by atoms with Crippen LogP contribution in [0.4, 0.5) is 4.39 Å². The van der Waals surface area contributed by atoms with Crippen molar-refractivity contribution in [3.8, 4) is 11.4 Å². The van der Waals surface area contributed by atoms with E-state index in [1.807, 2.05) is 19.9 Å². The van der Waals surface area contributed by atoms with E-state index in [0.29, 0.717) is 39.5 Å². The SMILES string of the molecule is Cc1c(F)cc2nc(-c3cc4c(c(=O)[nH]3)COC(=O)C4(C)C)c(C)c3c2c1CC[C@@H]3C. The molecule has 3 heterocycles. The van der Waals surface area contributed by atoms with Crippen LogP contribution in [0.3, 0.4) is 0 Å². The lowest BCUT2D eigenvalue weighted by molar-refractivity contribution is -0.152. The highest BCUT2D eigenvalue weighted by Gasteiger charge is 2.39. The Morgan fingerprint density at radius 3 is 2.65 bits per heavy atom. The number of fused-ring (bicyclic) bond motifs is 1. The molecule has 0 saturated carbocycles.